The number of rotatable bonds is 59. The number of nitrogens with two attached hydrogens (primary N) is 1. The first-order valence-electron chi connectivity index (χ1n) is 45.4. The van der Waals surface area contributed by atoms with Crippen LogP contribution in [0.4, 0.5) is 14.0 Å². The summed E-state index contributed by atoms with van der Waals surface area (Å²) in [6.45, 7) is 24.5. The van der Waals surface area contributed by atoms with E-state index < -0.39 is 79.8 Å². The SMILES string of the molecule is C1CCNCC1.CC(C)CC(NC(=O)OCC1c2ccccc2-c2ccccc21)C(=O)O.COCCOCCO.COCCOCCOCC(O)CCl.COCCOCCOCC(O)CO.COCCOCCOCC(O)COC(=O)C(CC(C)C)NC(=O)OCC1c2ccccc2-c2ccccc21.COCCOCCOCC(O)COC(=O)C(N)CC(C)C.ClCC1CO1.[2H]CF. The zero-order valence-electron chi connectivity index (χ0n) is 80.4. The van der Waals surface area contributed by atoms with Gasteiger partial charge in [-0.25, -0.2) is 19.2 Å². The van der Waals surface area contributed by atoms with Gasteiger partial charge in [0.2, 0.25) is 0 Å². The van der Waals surface area contributed by atoms with E-state index in [1.807, 2.05) is 114 Å². The van der Waals surface area contributed by atoms with Crippen molar-refractivity contribution in [1.29, 1.82) is 0 Å². The molecular weight excluding hydrogens is 1770 g/mol. The normalized spacial score (nSPS) is 14.7. The first-order chi connectivity index (χ1) is 64.2. The van der Waals surface area contributed by atoms with Crippen LogP contribution in [0.5, 0.6) is 0 Å². The van der Waals surface area contributed by atoms with Crippen molar-refractivity contribution in [3.8, 4) is 22.3 Å². The number of methoxy groups -OCH3 is 5. The molecule has 2 fully saturated rings. The van der Waals surface area contributed by atoms with Gasteiger partial charge < -0.3 is 147 Å². The van der Waals surface area contributed by atoms with E-state index in [-0.39, 0.29) is 95.6 Å². The highest BCUT2D eigenvalue weighted by Crippen LogP contribution is 2.46. The van der Waals surface area contributed by atoms with Crippen molar-refractivity contribution < 1.29 is 155 Å². The lowest BCUT2D eigenvalue weighted by atomic mass is 9.98. The Kier molecular flexibility index (Phi) is 79.4. The van der Waals surface area contributed by atoms with Crippen LogP contribution >= 0.6 is 23.2 Å². The van der Waals surface area contributed by atoms with E-state index in [2.05, 4.69) is 45.0 Å². The molecule has 4 aromatic rings. The Morgan fingerprint density at radius 3 is 1.05 bits per heavy atom. The zero-order valence-corrected chi connectivity index (χ0v) is 80.9. The third-order valence-corrected chi connectivity index (χ3v) is 19.1. The van der Waals surface area contributed by atoms with Gasteiger partial charge in [-0.05, 0) is 107 Å². The third kappa shape index (κ3) is 64.4. The summed E-state index contributed by atoms with van der Waals surface area (Å²) in [5.74, 6) is -0.834. The number of nitrogens with one attached hydrogen (secondary N) is 3. The highest BCUT2D eigenvalue weighted by atomic mass is 35.5. The molecule has 2 aliphatic heterocycles. The molecule has 8 rings (SSSR count). The Hall–Kier alpha value is -6.58. The molecule has 38 heteroatoms. The molecule has 12 N–H and O–H groups in total. The van der Waals surface area contributed by atoms with Gasteiger partial charge in [0.05, 0.1) is 204 Å². The number of fused-ring (bicyclic) bond motifs is 6. The molecule has 760 valence electrons. The van der Waals surface area contributed by atoms with Crippen molar-refractivity contribution in [2.45, 2.75) is 141 Å². The van der Waals surface area contributed by atoms with E-state index in [1.54, 1.807) is 35.5 Å². The van der Waals surface area contributed by atoms with Crippen molar-refractivity contribution in [3.05, 3.63) is 119 Å². The van der Waals surface area contributed by atoms with Crippen LogP contribution in [0, 0.1) is 17.8 Å². The molecule has 8 atom stereocenters. The number of amides is 2. The number of piperidine rings is 1. The zero-order chi connectivity index (χ0) is 98.9. The van der Waals surface area contributed by atoms with Gasteiger partial charge in [0.25, 0.3) is 0 Å². The molecule has 0 aromatic heterocycles. The van der Waals surface area contributed by atoms with E-state index in [0.717, 1.165) is 51.1 Å². The molecule has 0 saturated carbocycles. The first kappa shape index (κ1) is 123. The first-order valence-corrected chi connectivity index (χ1v) is 45.7. The Balaban J connectivity index is 0.00000161. The topological polar surface area (TPSA) is 468 Å². The summed E-state index contributed by atoms with van der Waals surface area (Å²) in [4.78, 5) is 60.3. The molecule has 8 unspecified atom stereocenters. The predicted molar refractivity (Wildman–Crippen MR) is 500 cm³/mol. The number of aliphatic hydroxyl groups excluding tert-OH is 6. The maximum atomic E-state index is 12.7. The smallest absolute Gasteiger partial charge is 0.407 e. The van der Waals surface area contributed by atoms with Crippen LogP contribution in [0.25, 0.3) is 22.3 Å². The number of benzene rings is 4. The Morgan fingerprint density at radius 2 is 0.758 bits per heavy atom. The Bertz CT molecular complexity index is 3330. The summed E-state index contributed by atoms with van der Waals surface area (Å²) in [7, 11) is 7.04. The predicted octanol–water partition coefficient (Wildman–Crippen LogP) is 8.39. The number of carboxylic acids is 1. The van der Waals surface area contributed by atoms with E-state index in [9.17, 15) is 43.7 Å². The maximum Gasteiger partial charge on any atom is 0.407 e. The Labute approximate surface area is 792 Å². The number of aliphatic carboxylic acids is 1. The molecule has 0 radical (unpaired) electrons. The summed E-state index contributed by atoms with van der Waals surface area (Å²) in [5.41, 5.74) is 14.7. The fourth-order valence-corrected chi connectivity index (χ4v) is 12.2. The number of alkyl halides is 3. The molecule has 2 amide bonds. The minimum atomic E-state index is -1.05. The number of halogens is 3. The van der Waals surface area contributed by atoms with Crippen molar-refractivity contribution in [1.82, 2.24) is 16.0 Å². The number of carbonyl (C=O) groups is 5. The summed E-state index contributed by atoms with van der Waals surface area (Å²) < 4.78 is 111. The molecule has 2 saturated heterocycles. The number of epoxide rings is 1. The van der Waals surface area contributed by atoms with Gasteiger partial charge in [-0.1, -0.05) is 145 Å². The van der Waals surface area contributed by atoms with Crippen LogP contribution in [0.15, 0.2) is 97.1 Å². The van der Waals surface area contributed by atoms with E-state index in [4.69, 9.17) is 136 Å². The number of hydrogen-bond acceptors (Lipinski definition) is 32. The quantitative estimate of drug-likeness (QED) is 0.00649. The number of carboxylic acid groups (broad SMARTS) is 1. The molecule has 4 aromatic carbocycles. The Morgan fingerprint density at radius 1 is 0.447 bits per heavy atom. The van der Waals surface area contributed by atoms with E-state index in [0.29, 0.717) is 163 Å². The van der Waals surface area contributed by atoms with Gasteiger partial charge in [0, 0.05) is 47.4 Å². The minimum Gasteiger partial charge on any atom is -0.480 e. The number of esters is 2. The summed E-state index contributed by atoms with van der Waals surface area (Å²) in [5, 5.41) is 71.8. The molecule has 0 bridgehead atoms. The summed E-state index contributed by atoms with van der Waals surface area (Å²) >= 11 is 10.6. The van der Waals surface area contributed by atoms with Crippen LogP contribution in [0.2, 0.25) is 0 Å². The number of aliphatic hydroxyl groups is 6. The van der Waals surface area contributed by atoms with Gasteiger partial charge in [0.15, 0.2) is 0 Å². The number of carbonyl (C=O) groups excluding carboxylic acids is 4. The van der Waals surface area contributed by atoms with Crippen molar-refractivity contribution >= 4 is 53.3 Å². The molecule has 2 heterocycles. The third-order valence-electron chi connectivity index (χ3n) is 18.4. The second kappa shape index (κ2) is 84.9. The van der Waals surface area contributed by atoms with Crippen LogP contribution < -0.4 is 21.7 Å². The minimum absolute atomic E-state index is 0.00439. The van der Waals surface area contributed by atoms with E-state index >= 15 is 0 Å². The molecular formula is C94H157Cl2FN4O31. The summed E-state index contributed by atoms with van der Waals surface area (Å²) in [6, 6.07) is 29.8. The lowest BCUT2D eigenvalue weighted by Gasteiger charge is -2.21. The van der Waals surface area contributed by atoms with Gasteiger partial charge in [-0.2, -0.15) is 0 Å². The standard InChI is InChI=1S/C29H39NO8.C21H23NO4.C14H29NO6.C8H17ClO4.C8H18O5.C5H11N.C5H12O3.C3H5ClO.CH3F/c1-20(2)16-27(28(32)37-18-21(31)17-36-15-14-35-13-12-34-3)30-29(33)38-19-26-24-10-6-4-8-22(24)23-9-5-7-11-25(23)26;1-13(2)11-19(20(23)24)22-21(25)26-12-18-16-9-5-3-7-14(16)15-8-4-6-10-17(15)18;1-11(2)8-13(15)14(17)21-10-12(16)9-20-7-6-19-5-4-18-3;2*1-11-2-3-12-4-5-13-7-8(10)6-9;1-2-4-6-5-3-1;1-7-4-5-8-3-2-6;4-1-3-2-5-3;1-2/h4-11,20-21,26-27,31H,12-19H2,1-3H3,(H,30,33);3-10,13,18-19H,11-12H2,1-2H3,(H,22,25)(H,23,24);11-13,16H,4-10,15H2,1-3H3;8,10H,2-7H2,1H3;8-10H,2-7H2,1H3;6H,1-5H2;6H,2-5H2,1H3;3H,1-2H2;1H3/i;;;;;;;;1D. The number of alkyl carbamates (subject to hydrolysis) is 2. The van der Waals surface area contributed by atoms with Gasteiger partial charge in [0.1, 0.15) is 62.9 Å². The van der Waals surface area contributed by atoms with Gasteiger partial charge >= 0.3 is 30.1 Å². The average molecular weight is 1930 g/mol. The maximum absolute atomic E-state index is 12.7. The number of ether oxygens (including phenoxy) is 19. The van der Waals surface area contributed by atoms with E-state index in [1.165, 1.54) is 32.4 Å². The molecule has 35 nitrogen and oxygen atoms in total. The molecule has 0 spiro atoms. The number of hydrogen-bond donors (Lipinski definition) is 11. The highest BCUT2D eigenvalue weighted by Gasteiger charge is 2.33. The molecule has 132 heavy (non-hydrogen) atoms. The van der Waals surface area contributed by atoms with Crippen LogP contribution in [-0.4, -0.2) is 380 Å². The van der Waals surface area contributed by atoms with Crippen LogP contribution in [0.1, 0.15) is 116 Å². The lowest BCUT2D eigenvalue weighted by molar-refractivity contribution is -0.151. The largest absolute Gasteiger partial charge is 0.480 e. The lowest BCUT2D eigenvalue weighted by Crippen LogP contribution is -2.44. The van der Waals surface area contributed by atoms with Crippen molar-refractivity contribution in [3.63, 3.8) is 0 Å². The molecule has 4 aliphatic rings. The van der Waals surface area contributed by atoms with Crippen molar-refractivity contribution in [2.75, 3.05) is 266 Å². The van der Waals surface area contributed by atoms with Crippen LogP contribution in [0.3, 0.4) is 0 Å². The molecule has 2 aliphatic carbocycles. The second-order valence-electron chi connectivity index (χ2n) is 31.1. The fraction of sp³-hybridized carbons (Fsp3) is 0.691. The van der Waals surface area contributed by atoms with Gasteiger partial charge in [-0.3, -0.25) is 9.18 Å². The average Bonchev–Trinajstić information content (AvgIpc) is 1.62. The van der Waals surface area contributed by atoms with Gasteiger partial charge in [-0.15, -0.1) is 23.2 Å². The summed E-state index contributed by atoms with van der Waals surface area (Å²) in [6.07, 6.45) is 1.29. The monoisotopic (exact) mass is 1930 g/mol. The highest BCUT2D eigenvalue weighted by molar-refractivity contribution is 6.18. The second-order valence-corrected chi connectivity index (χ2v) is 31.7. The fourth-order valence-electron chi connectivity index (χ4n) is 11.9. The van der Waals surface area contributed by atoms with Crippen LogP contribution in [-0.2, 0) is 104 Å². The van der Waals surface area contributed by atoms with Crippen molar-refractivity contribution in [2.24, 2.45) is 23.5 Å².